The Hall–Kier alpha value is -2.87. The molecule has 0 spiro atoms. The van der Waals surface area contributed by atoms with Gasteiger partial charge in [0.1, 0.15) is 0 Å². The van der Waals surface area contributed by atoms with Crippen LogP contribution in [0.5, 0.6) is 0 Å². The molecule has 0 bridgehead atoms. The van der Waals surface area contributed by atoms with Gasteiger partial charge in [0.25, 0.3) is 0 Å². The number of rotatable bonds is 4. The minimum atomic E-state index is -0.136. The van der Waals surface area contributed by atoms with Crippen molar-refractivity contribution in [3.8, 4) is 0 Å². The largest absolute Gasteiger partial charge is 0.461 e. The fraction of sp³-hybridized carbons (Fsp3) is 0. The number of furan rings is 1. The molecule has 3 aromatic rings. The van der Waals surface area contributed by atoms with Gasteiger partial charge >= 0.3 is 0 Å². The molecule has 0 unspecified atom stereocenters. The molecule has 2 aromatic carbocycles. The predicted octanol–water partition coefficient (Wildman–Crippen LogP) is 4.59. The van der Waals surface area contributed by atoms with E-state index >= 15 is 0 Å². The number of ketones is 1. The summed E-state index contributed by atoms with van der Waals surface area (Å²) in [6, 6.07) is 23.1. The van der Waals surface area contributed by atoms with Crippen molar-refractivity contribution in [2.75, 3.05) is 0 Å². The summed E-state index contributed by atoms with van der Waals surface area (Å²) in [6.07, 6.45) is 3.13. The molecule has 0 amide bonds. The van der Waals surface area contributed by atoms with Crippen molar-refractivity contribution in [1.29, 1.82) is 0 Å². The fourth-order valence-electron chi connectivity index (χ4n) is 2.19. The van der Waals surface area contributed by atoms with Crippen LogP contribution in [0, 0.1) is 0 Å². The Kier molecular flexibility index (Phi) is 3.79. The number of benzene rings is 2. The molecule has 102 valence electrons. The van der Waals surface area contributed by atoms with Crippen LogP contribution >= 0.6 is 0 Å². The summed E-state index contributed by atoms with van der Waals surface area (Å²) in [5.74, 6) is 0.210. The first-order valence-corrected chi connectivity index (χ1v) is 6.75. The molecule has 21 heavy (non-hydrogen) atoms. The summed E-state index contributed by atoms with van der Waals surface area (Å²) in [4.78, 5) is 12.3. The van der Waals surface area contributed by atoms with Crippen molar-refractivity contribution < 1.29 is 9.21 Å². The molecule has 0 radical (unpaired) electrons. The first-order valence-electron chi connectivity index (χ1n) is 6.75. The third-order valence-electron chi connectivity index (χ3n) is 3.21. The van der Waals surface area contributed by atoms with Crippen molar-refractivity contribution in [2.24, 2.45) is 0 Å². The fourth-order valence-corrected chi connectivity index (χ4v) is 2.19. The van der Waals surface area contributed by atoms with Gasteiger partial charge in [0.2, 0.25) is 5.78 Å². The molecular weight excluding hydrogens is 260 g/mol. The van der Waals surface area contributed by atoms with Gasteiger partial charge < -0.3 is 4.42 Å². The van der Waals surface area contributed by atoms with E-state index in [4.69, 9.17) is 4.42 Å². The Morgan fingerprint density at radius 2 is 1.33 bits per heavy atom. The highest BCUT2D eigenvalue weighted by Gasteiger charge is 2.10. The van der Waals surface area contributed by atoms with Crippen molar-refractivity contribution in [1.82, 2.24) is 0 Å². The van der Waals surface area contributed by atoms with Crippen LogP contribution in [0.2, 0.25) is 0 Å². The summed E-state index contributed by atoms with van der Waals surface area (Å²) in [6.45, 7) is 0. The zero-order chi connectivity index (χ0) is 14.5. The van der Waals surface area contributed by atoms with Crippen LogP contribution in [0.25, 0.3) is 5.57 Å². The molecule has 0 aliphatic heterocycles. The molecule has 0 saturated carbocycles. The summed E-state index contributed by atoms with van der Waals surface area (Å²) in [5, 5.41) is 0. The summed E-state index contributed by atoms with van der Waals surface area (Å²) < 4.78 is 5.17. The Labute approximate surface area is 123 Å². The summed E-state index contributed by atoms with van der Waals surface area (Å²) in [7, 11) is 0. The van der Waals surface area contributed by atoms with Gasteiger partial charge in [-0.3, -0.25) is 4.79 Å². The lowest BCUT2D eigenvalue weighted by Crippen LogP contribution is -1.96. The van der Waals surface area contributed by atoms with E-state index < -0.39 is 0 Å². The standard InChI is InChI=1S/C19H14O2/c20-18(19-12-7-13-21-19)14-17(15-8-3-1-4-9-15)16-10-5-2-6-11-16/h1-14H. The smallest absolute Gasteiger partial charge is 0.221 e. The average molecular weight is 274 g/mol. The molecule has 0 aliphatic rings. The van der Waals surface area contributed by atoms with Crippen LogP contribution in [-0.2, 0) is 0 Å². The molecule has 0 aliphatic carbocycles. The first kappa shape index (κ1) is 13.1. The van der Waals surface area contributed by atoms with E-state index in [1.165, 1.54) is 6.26 Å². The van der Waals surface area contributed by atoms with Crippen LogP contribution in [0.1, 0.15) is 21.7 Å². The van der Waals surface area contributed by atoms with E-state index in [0.717, 1.165) is 16.7 Å². The molecule has 0 N–H and O–H groups in total. The predicted molar refractivity (Wildman–Crippen MR) is 83.0 cm³/mol. The van der Waals surface area contributed by atoms with E-state index in [-0.39, 0.29) is 5.78 Å². The van der Waals surface area contributed by atoms with Crippen molar-refractivity contribution in [3.05, 3.63) is 102 Å². The Bertz CT molecular complexity index is 697. The SMILES string of the molecule is O=C(C=C(c1ccccc1)c1ccccc1)c1ccco1. The van der Waals surface area contributed by atoms with Gasteiger partial charge in [0, 0.05) is 0 Å². The lowest BCUT2D eigenvalue weighted by molar-refractivity contribution is 0.102. The van der Waals surface area contributed by atoms with Gasteiger partial charge in [0.05, 0.1) is 6.26 Å². The van der Waals surface area contributed by atoms with Crippen LogP contribution in [-0.4, -0.2) is 5.78 Å². The summed E-state index contributed by atoms with van der Waals surface area (Å²) >= 11 is 0. The highest BCUT2D eigenvalue weighted by atomic mass is 16.3. The van der Waals surface area contributed by atoms with E-state index in [2.05, 4.69) is 0 Å². The van der Waals surface area contributed by atoms with Gasteiger partial charge in [-0.2, -0.15) is 0 Å². The van der Waals surface area contributed by atoms with Crippen LogP contribution in [0.4, 0.5) is 0 Å². The van der Waals surface area contributed by atoms with E-state index in [1.54, 1.807) is 18.2 Å². The first-order chi connectivity index (χ1) is 10.3. The van der Waals surface area contributed by atoms with E-state index in [1.807, 2.05) is 60.7 Å². The maximum atomic E-state index is 12.3. The third-order valence-corrected chi connectivity index (χ3v) is 3.21. The molecule has 1 heterocycles. The topological polar surface area (TPSA) is 30.2 Å². The normalized spacial score (nSPS) is 10.1. The molecule has 2 heteroatoms. The van der Waals surface area contributed by atoms with Gasteiger partial charge in [-0.25, -0.2) is 0 Å². The maximum absolute atomic E-state index is 12.3. The van der Waals surface area contributed by atoms with Gasteiger partial charge in [-0.15, -0.1) is 0 Å². The Morgan fingerprint density at radius 3 is 1.81 bits per heavy atom. The zero-order valence-electron chi connectivity index (χ0n) is 11.4. The van der Waals surface area contributed by atoms with Crippen LogP contribution < -0.4 is 0 Å². The molecule has 0 atom stereocenters. The second kappa shape index (κ2) is 6.06. The molecular formula is C19H14O2. The van der Waals surface area contributed by atoms with Crippen LogP contribution in [0.15, 0.2) is 89.6 Å². The second-order valence-electron chi connectivity index (χ2n) is 4.63. The zero-order valence-corrected chi connectivity index (χ0v) is 11.4. The number of carbonyl (C=O) groups excluding carboxylic acids is 1. The quantitative estimate of drug-likeness (QED) is 0.514. The summed E-state index contributed by atoms with van der Waals surface area (Å²) in [5.41, 5.74) is 2.89. The van der Waals surface area contributed by atoms with Crippen molar-refractivity contribution in [3.63, 3.8) is 0 Å². The average Bonchev–Trinajstić information content (AvgIpc) is 3.09. The molecule has 0 fully saturated rings. The molecule has 2 nitrogen and oxygen atoms in total. The molecule has 0 saturated heterocycles. The number of hydrogen-bond acceptors (Lipinski definition) is 2. The molecule has 1 aromatic heterocycles. The Balaban J connectivity index is 2.07. The van der Waals surface area contributed by atoms with Crippen molar-refractivity contribution in [2.45, 2.75) is 0 Å². The number of allylic oxidation sites excluding steroid dienone is 1. The van der Waals surface area contributed by atoms with Crippen LogP contribution in [0.3, 0.4) is 0 Å². The third kappa shape index (κ3) is 3.00. The minimum Gasteiger partial charge on any atom is -0.461 e. The molecule has 3 rings (SSSR count). The van der Waals surface area contributed by atoms with E-state index in [0.29, 0.717) is 5.76 Å². The monoisotopic (exact) mass is 274 g/mol. The van der Waals surface area contributed by atoms with E-state index in [9.17, 15) is 4.79 Å². The van der Waals surface area contributed by atoms with Gasteiger partial charge in [-0.05, 0) is 34.9 Å². The highest BCUT2D eigenvalue weighted by molar-refractivity contribution is 6.08. The Morgan fingerprint density at radius 1 is 0.762 bits per heavy atom. The van der Waals surface area contributed by atoms with Gasteiger partial charge in [-0.1, -0.05) is 60.7 Å². The van der Waals surface area contributed by atoms with Crippen molar-refractivity contribution >= 4 is 11.4 Å². The second-order valence-corrected chi connectivity index (χ2v) is 4.63. The lowest BCUT2D eigenvalue weighted by Gasteiger charge is -2.07. The van der Waals surface area contributed by atoms with Gasteiger partial charge in [0.15, 0.2) is 5.76 Å². The minimum absolute atomic E-state index is 0.136. The lowest BCUT2D eigenvalue weighted by atomic mass is 9.96. The number of hydrogen-bond donors (Lipinski definition) is 0. The highest BCUT2D eigenvalue weighted by Crippen LogP contribution is 2.23. The maximum Gasteiger partial charge on any atom is 0.221 e. The number of carbonyl (C=O) groups is 1.